The van der Waals surface area contributed by atoms with Crippen molar-refractivity contribution >= 4 is 11.7 Å². The lowest BCUT2D eigenvalue weighted by molar-refractivity contribution is 0.102. The summed E-state index contributed by atoms with van der Waals surface area (Å²) in [6.07, 6.45) is 3.54. The number of amides is 1. The van der Waals surface area contributed by atoms with Crippen LogP contribution in [0.1, 0.15) is 41.2 Å². The van der Waals surface area contributed by atoms with E-state index in [4.69, 9.17) is 0 Å². The molecule has 20 heavy (non-hydrogen) atoms. The number of aromatic nitrogens is 2. The van der Waals surface area contributed by atoms with Gasteiger partial charge in [-0.05, 0) is 25.0 Å². The summed E-state index contributed by atoms with van der Waals surface area (Å²) in [5.41, 5.74) is 1.04. The molecule has 0 radical (unpaired) electrons. The van der Waals surface area contributed by atoms with Crippen LogP contribution in [0.25, 0.3) is 0 Å². The fraction of sp³-hybridized carbons (Fsp3) is 0.333. The van der Waals surface area contributed by atoms with Crippen LogP contribution in [-0.4, -0.2) is 15.7 Å². The summed E-state index contributed by atoms with van der Waals surface area (Å²) in [5, 5.41) is 7.12. The van der Waals surface area contributed by atoms with Gasteiger partial charge in [0.15, 0.2) is 0 Å². The van der Waals surface area contributed by atoms with Gasteiger partial charge in [-0.2, -0.15) is 5.10 Å². The summed E-state index contributed by atoms with van der Waals surface area (Å²) >= 11 is 0. The molecule has 1 aromatic heterocycles. The summed E-state index contributed by atoms with van der Waals surface area (Å²) in [4.78, 5) is 12.1. The van der Waals surface area contributed by atoms with E-state index in [0.29, 0.717) is 11.7 Å². The normalized spacial score (nSPS) is 14.9. The maximum absolute atomic E-state index is 13.6. The van der Waals surface area contributed by atoms with Crippen LogP contribution in [0.2, 0.25) is 0 Å². The Bertz CT molecular complexity index is 646. The Kier molecular flexibility index (Phi) is 3.26. The third kappa shape index (κ3) is 2.31. The zero-order valence-corrected chi connectivity index (χ0v) is 11.3. The fourth-order valence-corrected chi connectivity index (χ4v) is 2.34. The SMILES string of the molecule is Cn1nc(C2CCC2)cc1NC(=O)c1ccccc1F. The number of halogens is 1. The molecule has 1 heterocycles. The molecular weight excluding hydrogens is 257 g/mol. The van der Waals surface area contributed by atoms with Gasteiger partial charge in [0, 0.05) is 19.0 Å². The predicted molar refractivity (Wildman–Crippen MR) is 74.2 cm³/mol. The first-order valence-electron chi connectivity index (χ1n) is 6.75. The van der Waals surface area contributed by atoms with E-state index in [0.717, 1.165) is 18.5 Å². The standard InChI is InChI=1S/C15H16FN3O/c1-19-14(9-13(18-19)10-5-4-6-10)17-15(20)11-7-2-3-8-12(11)16/h2-3,7-10H,4-6H2,1H3,(H,17,20). The van der Waals surface area contributed by atoms with Gasteiger partial charge in [-0.3, -0.25) is 9.48 Å². The molecule has 0 unspecified atom stereocenters. The van der Waals surface area contributed by atoms with Gasteiger partial charge in [0.05, 0.1) is 11.3 Å². The number of hydrogen-bond donors (Lipinski definition) is 1. The first-order valence-corrected chi connectivity index (χ1v) is 6.75. The monoisotopic (exact) mass is 273 g/mol. The van der Waals surface area contributed by atoms with Crippen molar-refractivity contribution < 1.29 is 9.18 Å². The molecule has 2 aromatic rings. The third-order valence-electron chi connectivity index (χ3n) is 3.78. The van der Waals surface area contributed by atoms with E-state index in [1.54, 1.807) is 23.9 Å². The van der Waals surface area contributed by atoms with E-state index in [2.05, 4.69) is 10.4 Å². The third-order valence-corrected chi connectivity index (χ3v) is 3.78. The van der Waals surface area contributed by atoms with E-state index in [1.165, 1.54) is 18.6 Å². The summed E-state index contributed by atoms with van der Waals surface area (Å²) in [6.45, 7) is 0. The van der Waals surface area contributed by atoms with E-state index in [-0.39, 0.29) is 5.56 Å². The fourth-order valence-electron chi connectivity index (χ4n) is 2.34. The van der Waals surface area contributed by atoms with Gasteiger partial charge >= 0.3 is 0 Å². The van der Waals surface area contributed by atoms with Crippen LogP contribution in [-0.2, 0) is 7.05 Å². The molecule has 1 saturated carbocycles. The van der Waals surface area contributed by atoms with Crippen molar-refractivity contribution in [2.75, 3.05) is 5.32 Å². The predicted octanol–water partition coefficient (Wildman–Crippen LogP) is 3.08. The van der Waals surface area contributed by atoms with Crippen molar-refractivity contribution in [3.63, 3.8) is 0 Å². The van der Waals surface area contributed by atoms with E-state index < -0.39 is 11.7 Å². The van der Waals surface area contributed by atoms with E-state index in [9.17, 15) is 9.18 Å². The van der Waals surface area contributed by atoms with Gasteiger partial charge in [0.25, 0.3) is 5.91 Å². The van der Waals surface area contributed by atoms with E-state index in [1.807, 2.05) is 6.07 Å². The molecule has 1 N–H and O–H groups in total. The molecule has 1 amide bonds. The molecule has 104 valence electrons. The molecular formula is C15H16FN3O. The highest BCUT2D eigenvalue weighted by Gasteiger charge is 2.23. The Labute approximate surface area is 116 Å². The highest BCUT2D eigenvalue weighted by atomic mass is 19.1. The second-order valence-corrected chi connectivity index (χ2v) is 5.14. The Hall–Kier alpha value is -2.17. The summed E-state index contributed by atoms with van der Waals surface area (Å²) < 4.78 is 15.2. The van der Waals surface area contributed by atoms with Gasteiger partial charge in [-0.15, -0.1) is 0 Å². The number of anilines is 1. The number of nitrogens with one attached hydrogen (secondary N) is 1. The van der Waals surface area contributed by atoms with Crippen molar-refractivity contribution in [2.24, 2.45) is 7.05 Å². The second kappa shape index (κ2) is 5.07. The number of carbonyl (C=O) groups is 1. The van der Waals surface area contributed by atoms with Crippen LogP contribution in [0.15, 0.2) is 30.3 Å². The summed E-state index contributed by atoms with van der Waals surface area (Å²) in [5.74, 6) is 0.123. The van der Waals surface area contributed by atoms with Crippen molar-refractivity contribution in [2.45, 2.75) is 25.2 Å². The lowest BCUT2D eigenvalue weighted by atomic mass is 9.83. The number of hydrogen-bond acceptors (Lipinski definition) is 2. The minimum atomic E-state index is -0.522. The number of rotatable bonds is 3. The Morgan fingerprint density at radius 1 is 1.40 bits per heavy atom. The quantitative estimate of drug-likeness (QED) is 0.934. The molecule has 0 spiro atoms. The molecule has 4 nitrogen and oxygen atoms in total. The number of carbonyl (C=O) groups excluding carboxylic acids is 1. The topological polar surface area (TPSA) is 46.9 Å². The average molecular weight is 273 g/mol. The minimum absolute atomic E-state index is 0.0406. The van der Waals surface area contributed by atoms with Crippen LogP contribution in [0.5, 0.6) is 0 Å². The second-order valence-electron chi connectivity index (χ2n) is 5.14. The molecule has 5 heteroatoms. The first-order chi connectivity index (χ1) is 9.65. The maximum atomic E-state index is 13.6. The van der Waals surface area contributed by atoms with Gasteiger partial charge in [0.1, 0.15) is 11.6 Å². The van der Waals surface area contributed by atoms with Crippen LogP contribution in [0.4, 0.5) is 10.2 Å². The highest BCUT2D eigenvalue weighted by Crippen LogP contribution is 2.36. The van der Waals surface area contributed by atoms with Crippen molar-refractivity contribution in [1.82, 2.24) is 9.78 Å². The smallest absolute Gasteiger partial charge is 0.259 e. The Morgan fingerprint density at radius 2 is 2.15 bits per heavy atom. The van der Waals surface area contributed by atoms with Gasteiger partial charge < -0.3 is 5.32 Å². The molecule has 0 saturated heterocycles. The summed E-state index contributed by atoms with van der Waals surface area (Å²) in [6, 6.07) is 7.82. The van der Waals surface area contributed by atoms with Gasteiger partial charge in [-0.25, -0.2) is 4.39 Å². The van der Waals surface area contributed by atoms with Gasteiger partial charge in [0.2, 0.25) is 0 Å². The zero-order valence-electron chi connectivity index (χ0n) is 11.3. The van der Waals surface area contributed by atoms with Crippen LogP contribution in [0.3, 0.4) is 0 Å². The largest absolute Gasteiger partial charge is 0.307 e. The lowest BCUT2D eigenvalue weighted by Crippen LogP contribution is -2.15. The van der Waals surface area contributed by atoms with Crippen LogP contribution in [0, 0.1) is 5.82 Å². The number of benzene rings is 1. The number of aryl methyl sites for hydroxylation is 1. The first kappa shape index (κ1) is 12.8. The van der Waals surface area contributed by atoms with Crippen molar-refractivity contribution in [3.05, 3.63) is 47.4 Å². The van der Waals surface area contributed by atoms with Crippen molar-refractivity contribution in [1.29, 1.82) is 0 Å². The Morgan fingerprint density at radius 3 is 2.80 bits per heavy atom. The molecule has 1 fully saturated rings. The molecule has 1 aliphatic carbocycles. The maximum Gasteiger partial charge on any atom is 0.259 e. The zero-order chi connectivity index (χ0) is 14.1. The van der Waals surface area contributed by atoms with Crippen molar-refractivity contribution in [3.8, 4) is 0 Å². The average Bonchev–Trinajstić information content (AvgIpc) is 2.68. The lowest BCUT2D eigenvalue weighted by Gasteiger charge is -2.22. The Balaban J connectivity index is 1.79. The van der Waals surface area contributed by atoms with Crippen LogP contribution >= 0.6 is 0 Å². The molecule has 1 aliphatic rings. The molecule has 1 aromatic carbocycles. The number of nitrogens with zero attached hydrogens (tertiary/aromatic N) is 2. The minimum Gasteiger partial charge on any atom is -0.307 e. The molecule has 0 bridgehead atoms. The molecule has 0 atom stereocenters. The summed E-state index contributed by atoms with van der Waals surface area (Å²) in [7, 11) is 1.78. The molecule has 3 rings (SSSR count). The van der Waals surface area contributed by atoms with Crippen LogP contribution < -0.4 is 5.32 Å². The molecule has 0 aliphatic heterocycles. The van der Waals surface area contributed by atoms with Gasteiger partial charge in [-0.1, -0.05) is 18.6 Å². The van der Waals surface area contributed by atoms with E-state index >= 15 is 0 Å². The highest BCUT2D eigenvalue weighted by molar-refractivity contribution is 6.04.